The fourth-order valence-corrected chi connectivity index (χ4v) is 3.13. The predicted molar refractivity (Wildman–Crippen MR) is 112 cm³/mol. The van der Waals surface area contributed by atoms with Crippen LogP contribution in [-0.2, 0) is 11.3 Å². The van der Waals surface area contributed by atoms with Gasteiger partial charge in [0.2, 0.25) is 5.91 Å². The van der Waals surface area contributed by atoms with Crippen LogP contribution in [0, 0.1) is 0 Å². The number of aromatic nitrogens is 3. The Hall–Kier alpha value is -3.67. The van der Waals surface area contributed by atoms with Gasteiger partial charge in [-0.15, -0.1) is 0 Å². The van der Waals surface area contributed by atoms with E-state index in [-0.39, 0.29) is 5.91 Å². The minimum atomic E-state index is 0.0203. The number of carbonyl (C=O) groups is 1. The highest BCUT2D eigenvalue weighted by molar-refractivity contribution is 5.88. The van der Waals surface area contributed by atoms with Gasteiger partial charge >= 0.3 is 0 Å². The second-order valence-corrected chi connectivity index (χ2v) is 6.71. The molecule has 0 spiro atoms. The van der Waals surface area contributed by atoms with Crippen LogP contribution in [0.2, 0.25) is 0 Å². The summed E-state index contributed by atoms with van der Waals surface area (Å²) in [6.45, 7) is 1.01. The van der Waals surface area contributed by atoms with Crippen molar-refractivity contribution in [3.8, 4) is 11.4 Å². The molecule has 0 unspecified atom stereocenters. The van der Waals surface area contributed by atoms with Crippen molar-refractivity contribution in [1.29, 1.82) is 0 Å². The van der Waals surface area contributed by atoms with Gasteiger partial charge in [-0.1, -0.05) is 48.5 Å². The first kappa shape index (κ1) is 18.7. The van der Waals surface area contributed by atoms with E-state index < -0.39 is 0 Å². The van der Waals surface area contributed by atoms with E-state index in [1.807, 2.05) is 54.6 Å². The van der Waals surface area contributed by atoms with Gasteiger partial charge in [0.25, 0.3) is 0 Å². The van der Waals surface area contributed by atoms with E-state index in [1.54, 1.807) is 11.0 Å². The molecule has 1 aromatic heterocycles. The largest absolute Gasteiger partial charge is 0.493 e. The third kappa shape index (κ3) is 4.79. The number of fused-ring (bicyclic) bond motifs is 1. The van der Waals surface area contributed by atoms with Crippen LogP contribution in [0.4, 0.5) is 0 Å². The minimum Gasteiger partial charge on any atom is -0.493 e. The molecule has 0 saturated heterocycles. The summed E-state index contributed by atoms with van der Waals surface area (Å²) in [6, 6.07) is 22.0. The summed E-state index contributed by atoms with van der Waals surface area (Å²) in [6.07, 6.45) is 4.25. The van der Waals surface area contributed by atoms with Gasteiger partial charge in [0.1, 0.15) is 18.4 Å². The Morgan fingerprint density at radius 1 is 1.00 bits per heavy atom. The number of benzene rings is 3. The molecule has 1 N–H and O–H groups in total. The molecule has 0 saturated carbocycles. The lowest BCUT2D eigenvalue weighted by atomic mass is 10.1. The summed E-state index contributed by atoms with van der Waals surface area (Å²) in [7, 11) is 0. The molecule has 29 heavy (non-hydrogen) atoms. The Kier molecular flexibility index (Phi) is 5.81. The lowest BCUT2D eigenvalue weighted by Crippen LogP contribution is -2.23. The van der Waals surface area contributed by atoms with Crippen LogP contribution in [0.5, 0.6) is 5.75 Å². The van der Waals surface area contributed by atoms with Gasteiger partial charge in [0.15, 0.2) is 0 Å². The molecule has 6 nitrogen and oxygen atoms in total. The number of nitrogens with zero attached hydrogens (tertiary/aromatic N) is 3. The van der Waals surface area contributed by atoms with Gasteiger partial charge in [-0.2, -0.15) is 5.10 Å². The molecule has 0 aliphatic heterocycles. The van der Waals surface area contributed by atoms with Crippen LogP contribution < -0.4 is 10.1 Å². The smallest absolute Gasteiger partial charge is 0.220 e. The first-order chi connectivity index (χ1) is 14.3. The van der Waals surface area contributed by atoms with Gasteiger partial charge in [0, 0.05) is 18.4 Å². The number of hydrogen-bond donors (Lipinski definition) is 1. The van der Waals surface area contributed by atoms with Crippen LogP contribution in [0.15, 0.2) is 79.4 Å². The lowest BCUT2D eigenvalue weighted by Gasteiger charge is -2.10. The Labute approximate surface area is 169 Å². The number of carbonyl (C=O) groups excluding carboxylic acids is 1. The zero-order valence-electron chi connectivity index (χ0n) is 16.0. The molecule has 0 aliphatic carbocycles. The van der Waals surface area contributed by atoms with Crippen molar-refractivity contribution in [1.82, 2.24) is 20.1 Å². The summed E-state index contributed by atoms with van der Waals surface area (Å²) < 4.78 is 7.58. The fraction of sp³-hybridized carbons (Fsp3) is 0.174. The van der Waals surface area contributed by atoms with E-state index in [9.17, 15) is 4.79 Å². The Balaban J connectivity index is 1.20. The molecule has 0 fully saturated rings. The summed E-state index contributed by atoms with van der Waals surface area (Å²) >= 11 is 0. The summed E-state index contributed by atoms with van der Waals surface area (Å²) in [5.41, 5.74) is 1.97. The van der Waals surface area contributed by atoms with Gasteiger partial charge < -0.3 is 10.1 Å². The van der Waals surface area contributed by atoms with Crippen molar-refractivity contribution in [3.63, 3.8) is 0 Å². The highest BCUT2D eigenvalue weighted by atomic mass is 16.5. The Bertz CT molecular complexity index is 1070. The van der Waals surface area contributed by atoms with E-state index in [0.29, 0.717) is 26.0 Å². The highest BCUT2D eigenvalue weighted by Crippen LogP contribution is 2.25. The van der Waals surface area contributed by atoms with E-state index in [1.165, 1.54) is 6.33 Å². The number of rotatable bonds is 8. The normalized spacial score (nSPS) is 10.8. The van der Waals surface area contributed by atoms with Crippen LogP contribution >= 0.6 is 0 Å². The lowest BCUT2D eigenvalue weighted by molar-refractivity contribution is -0.121. The third-order valence-electron chi connectivity index (χ3n) is 4.66. The van der Waals surface area contributed by atoms with E-state index >= 15 is 0 Å². The van der Waals surface area contributed by atoms with Crippen LogP contribution in [0.25, 0.3) is 16.5 Å². The maximum absolute atomic E-state index is 12.1. The van der Waals surface area contributed by atoms with E-state index in [0.717, 1.165) is 27.8 Å². The average Bonchev–Trinajstić information content (AvgIpc) is 3.31. The first-order valence-electron chi connectivity index (χ1n) is 9.61. The van der Waals surface area contributed by atoms with Crippen LogP contribution in [0.1, 0.15) is 18.4 Å². The molecule has 146 valence electrons. The summed E-state index contributed by atoms with van der Waals surface area (Å²) in [5, 5.41) is 9.29. The molecule has 4 aromatic rings. The predicted octanol–water partition coefficient (Wildman–Crippen LogP) is 3.90. The second kappa shape index (κ2) is 9.01. The maximum Gasteiger partial charge on any atom is 0.220 e. The van der Waals surface area contributed by atoms with E-state index in [4.69, 9.17) is 4.74 Å². The van der Waals surface area contributed by atoms with Crippen LogP contribution in [-0.4, -0.2) is 27.3 Å². The SMILES string of the molecule is O=C(CCCOc1cccc2ccccc12)NCc1ccc(-n2cncn2)cc1. The molecule has 1 amide bonds. The summed E-state index contributed by atoms with van der Waals surface area (Å²) in [5.74, 6) is 0.878. The van der Waals surface area contributed by atoms with Crippen LogP contribution in [0.3, 0.4) is 0 Å². The van der Waals surface area contributed by atoms with Crippen molar-refractivity contribution in [3.05, 3.63) is 84.9 Å². The van der Waals surface area contributed by atoms with Crippen molar-refractivity contribution < 1.29 is 9.53 Å². The molecule has 0 atom stereocenters. The van der Waals surface area contributed by atoms with Gasteiger partial charge in [-0.25, -0.2) is 9.67 Å². The third-order valence-corrected chi connectivity index (χ3v) is 4.66. The number of hydrogen-bond acceptors (Lipinski definition) is 4. The Morgan fingerprint density at radius 3 is 2.66 bits per heavy atom. The number of ether oxygens (including phenoxy) is 1. The zero-order chi connectivity index (χ0) is 19.9. The van der Waals surface area contributed by atoms with Gasteiger partial charge in [-0.3, -0.25) is 4.79 Å². The van der Waals surface area contributed by atoms with Crippen molar-refractivity contribution in [2.45, 2.75) is 19.4 Å². The molecule has 0 bridgehead atoms. The maximum atomic E-state index is 12.1. The molecular formula is C23H22N4O2. The molecule has 0 aliphatic rings. The number of amides is 1. The highest BCUT2D eigenvalue weighted by Gasteiger charge is 2.04. The Morgan fingerprint density at radius 2 is 1.83 bits per heavy atom. The first-order valence-corrected chi connectivity index (χ1v) is 9.61. The van der Waals surface area contributed by atoms with E-state index in [2.05, 4.69) is 27.5 Å². The summed E-state index contributed by atoms with van der Waals surface area (Å²) in [4.78, 5) is 16.0. The zero-order valence-corrected chi connectivity index (χ0v) is 16.0. The standard InChI is InChI=1S/C23H22N4O2/c28-23(25-15-18-10-12-20(13-11-18)27-17-24-16-26-27)9-4-14-29-22-8-3-6-19-5-1-2-7-21(19)22/h1-3,5-8,10-13,16-17H,4,9,14-15H2,(H,25,28). The second-order valence-electron chi connectivity index (χ2n) is 6.71. The topological polar surface area (TPSA) is 69.0 Å². The molecule has 3 aromatic carbocycles. The quantitative estimate of drug-likeness (QED) is 0.467. The van der Waals surface area contributed by atoms with Crippen molar-refractivity contribution in [2.24, 2.45) is 0 Å². The molecule has 4 rings (SSSR count). The molecule has 1 heterocycles. The molecule has 0 radical (unpaired) electrons. The van der Waals surface area contributed by atoms with Crippen molar-refractivity contribution >= 4 is 16.7 Å². The van der Waals surface area contributed by atoms with Gasteiger partial charge in [0.05, 0.1) is 12.3 Å². The fourth-order valence-electron chi connectivity index (χ4n) is 3.13. The number of nitrogens with one attached hydrogen (secondary N) is 1. The molecule has 6 heteroatoms. The van der Waals surface area contributed by atoms with Gasteiger partial charge in [-0.05, 0) is 35.6 Å². The minimum absolute atomic E-state index is 0.0203. The molecular weight excluding hydrogens is 364 g/mol. The average molecular weight is 386 g/mol. The van der Waals surface area contributed by atoms with Crippen molar-refractivity contribution in [2.75, 3.05) is 6.61 Å². The monoisotopic (exact) mass is 386 g/mol.